The molecule has 0 saturated heterocycles. The van der Waals surface area contributed by atoms with E-state index in [0.29, 0.717) is 0 Å². The number of hydrogen-bond donors (Lipinski definition) is 0. The molecule has 0 aliphatic heterocycles. The molecule has 0 N–H and O–H groups in total. The molecule has 0 amide bonds. The molecule has 0 aromatic carbocycles. The monoisotopic (exact) mass is 227 g/mol. The van der Waals surface area contributed by atoms with Gasteiger partial charge in [0.2, 0.25) is 11.8 Å². The molecule has 0 saturated carbocycles. The molecule has 1 heterocycles. The molecule has 4 nitrogen and oxygen atoms in total. The summed E-state index contributed by atoms with van der Waals surface area (Å²) in [6, 6.07) is 2.69. The van der Waals surface area contributed by atoms with E-state index in [9.17, 15) is 9.18 Å². The van der Waals surface area contributed by atoms with Gasteiger partial charge >= 0.3 is 5.97 Å². The number of methoxy groups -OCH3 is 1. The third-order valence-corrected chi connectivity index (χ3v) is 1.65. The zero-order valence-electron chi connectivity index (χ0n) is 9.70. The van der Waals surface area contributed by atoms with Crippen molar-refractivity contribution in [3.63, 3.8) is 0 Å². The Balaban J connectivity index is 2.93. The van der Waals surface area contributed by atoms with E-state index < -0.39 is 17.5 Å². The highest BCUT2D eigenvalue weighted by Gasteiger charge is 2.21. The Morgan fingerprint density at radius 2 is 2.00 bits per heavy atom. The summed E-state index contributed by atoms with van der Waals surface area (Å²) in [7, 11) is 1.37. The standard InChI is InChI=1S/C11H14FNO3/c1-11(2,3)16-10(14)7-5-6-8(15-4)13-9(7)12/h5-6H,1-4H3. The van der Waals surface area contributed by atoms with Crippen molar-refractivity contribution < 1.29 is 18.7 Å². The highest BCUT2D eigenvalue weighted by molar-refractivity contribution is 5.89. The van der Waals surface area contributed by atoms with Crippen LogP contribution in [0.1, 0.15) is 31.1 Å². The van der Waals surface area contributed by atoms with Gasteiger partial charge in [-0.2, -0.15) is 9.37 Å². The van der Waals surface area contributed by atoms with Crippen molar-refractivity contribution in [2.24, 2.45) is 0 Å². The van der Waals surface area contributed by atoms with Crippen LogP contribution in [0, 0.1) is 5.95 Å². The van der Waals surface area contributed by atoms with Crippen LogP contribution in [0.4, 0.5) is 4.39 Å². The second-order valence-corrected chi connectivity index (χ2v) is 4.19. The third-order valence-electron chi connectivity index (χ3n) is 1.65. The molecule has 1 rings (SSSR count). The van der Waals surface area contributed by atoms with Gasteiger partial charge in [-0.1, -0.05) is 0 Å². The van der Waals surface area contributed by atoms with E-state index >= 15 is 0 Å². The van der Waals surface area contributed by atoms with Gasteiger partial charge in [0.15, 0.2) is 0 Å². The molecule has 0 spiro atoms. The summed E-state index contributed by atoms with van der Waals surface area (Å²) < 4.78 is 23.1. The highest BCUT2D eigenvalue weighted by Crippen LogP contribution is 2.16. The van der Waals surface area contributed by atoms with Gasteiger partial charge in [-0.3, -0.25) is 0 Å². The summed E-state index contributed by atoms with van der Waals surface area (Å²) in [4.78, 5) is 15.0. The van der Waals surface area contributed by atoms with E-state index in [1.165, 1.54) is 19.2 Å². The third kappa shape index (κ3) is 3.18. The maximum atomic E-state index is 13.4. The number of halogens is 1. The number of carbonyl (C=O) groups excluding carboxylic acids is 1. The van der Waals surface area contributed by atoms with Crippen molar-refractivity contribution in [1.82, 2.24) is 4.98 Å². The summed E-state index contributed by atoms with van der Waals surface area (Å²) in [5, 5.41) is 0. The predicted octanol–water partition coefficient (Wildman–Crippen LogP) is 2.18. The zero-order valence-corrected chi connectivity index (χ0v) is 9.70. The van der Waals surface area contributed by atoms with E-state index in [4.69, 9.17) is 9.47 Å². The lowest BCUT2D eigenvalue weighted by molar-refractivity contribution is 0.00636. The van der Waals surface area contributed by atoms with Crippen LogP contribution in [0.15, 0.2) is 12.1 Å². The van der Waals surface area contributed by atoms with Gasteiger partial charge in [-0.25, -0.2) is 4.79 Å². The average Bonchev–Trinajstić information content (AvgIpc) is 2.14. The molecule has 16 heavy (non-hydrogen) atoms. The van der Waals surface area contributed by atoms with Gasteiger partial charge in [0.1, 0.15) is 11.2 Å². The zero-order chi connectivity index (χ0) is 12.3. The smallest absolute Gasteiger partial charge is 0.343 e. The van der Waals surface area contributed by atoms with Crippen molar-refractivity contribution in [2.45, 2.75) is 26.4 Å². The SMILES string of the molecule is COc1ccc(C(=O)OC(C)(C)C)c(F)n1. The molecular weight excluding hydrogens is 213 g/mol. The van der Waals surface area contributed by atoms with E-state index in [2.05, 4.69) is 4.98 Å². The first-order valence-corrected chi connectivity index (χ1v) is 4.77. The lowest BCUT2D eigenvalue weighted by atomic mass is 10.2. The van der Waals surface area contributed by atoms with Crippen LogP contribution in [0.5, 0.6) is 5.88 Å². The van der Waals surface area contributed by atoms with Crippen LogP contribution in [-0.2, 0) is 4.74 Å². The van der Waals surface area contributed by atoms with Crippen molar-refractivity contribution in [3.8, 4) is 5.88 Å². The number of pyridine rings is 1. The minimum atomic E-state index is -0.895. The summed E-state index contributed by atoms with van der Waals surface area (Å²) in [6.07, 6.45) is 0. The second-order valence-electron chi connectivity index (χ2n) is 4.19. The Morgan fingerprint density at radius 1 is 1.38 bits per heavy atom. The fourth-order valence-corrected chi connectivity index (χ4v) is 1.02. The maximum Gasteiger partial charge on any atom is 0.343 e. The highest BCUT2D eigenvalue weighted by atomic mass is 19.1. The lowest BCUT2D eigenvalue weighted by Gasteiger charge is -2.19. The van der Waals surface area contributed by atoms with Crippen molar-refractivity contribution in [3.05, 3.63) is 23.6 Å². The van der Waals surface area contributed by atoms with Crippen LogP contribution < -0.4 is 4.74 Å². The minimum Gasteiger partial charge on any atom is -0.481 e. The number of rotatable bonds is 2. The lowest BCUT2D eigenvalue weighted by Crippen LogP contribution is -2.24. The van der Waals surface area contributed by atoms with E-state index in [0.717, 1.165) is 0 Å². The van der Waals surface area contributed by atoms with E-state index in [1.807, 2.05) is 0 Å². The predicted molar refractivity (Wildman–Crippen MR) is 55.9 cm³/mol. The molecule has 88 valence electrons. The largest absolute Gasteiger partial charge is 0.481 e. The molecule has 1 aromatic heterocycles. The normalized spacial score (nSPS) is 11.1. The van der Waals surface area contributed by atoms with Crippen molar-refractivity contribution in [1.29, 1.82) is 0 Å². The van der Waals surface area contributed by atoms with Gasteiger partial charge in [-0.05, 0) is 26.8 Å². The Labute approximate surface area is 93.4 Å². The molecule has 0 aliphatic rings. The van der Waals surface area contributed by atoms with Gasteiger partial charge < -0.3 is 9.47 Å². The Kier molecular flexibility index (Phi) is 3.47. The quantitative estimate of drug-likeness (QED) is 0.574. The number of nitrogens with zero attached hydrogens (tertiary/aromatic N) is 1. The minimum absolute atomic E-state index is 0.116. The summed E-state index contributed by atoms with van der Waals surface area (Å²) in [6.45, 7) is 5.12. The maximum absolute atomic E-state index is 13.4. The van der Waals surface area contributed by atoms with Crippen LogP contribution in [0.2, 0.25) is 0 Å². The van der Waals surface area contributed by atoms with Gasteiger partial charge in [0.25, 0.3) is 0 Å². The van der Waals surface area contributed by atoms with E-state index in [1.54, 1.807) is 20.8 Å². The van der Waals surface area contributed by atoms with Crippen LogP contribution in [-0.4, -0.2) is 23.7 Å². The molecule has 0 unspecified atom stereocenters. The molecule has 1 aromatic rings. The van der Waals surface area contributed by atoms with Gasteiger partial charge in [-0.15, -0.1) is 0 Å². The second kappa shape index (κ2) is 4.47. The number of hydrogen-bond acceptors (Lipinski definition) is 4. The molecule has 5 heteroatoms. The molecule has 0 fully saturated rings. The summed E-state index contributed by atoms with van der Waals surface area (Å²) in [5.74, 6) is -1.52. The average molecular weight is 227 g/mol. The summed E-state index contributed by atoms with van der Waals surface area (Å²) in [5.41, 5.74) is -0.862. The molecule has 0 aliphatic carbocycles. The van der Waals surface area contributed by atoms with Crippen LogP contribution in [0.25, 0.3) is 0 Å². The molecule has 0 atom stereocenters. The molecule has 0 radical (unpaired) electrons. The topological polar surface area (TPSA) is 48.4 Å². The Hall–Kier alpha value is -1.65. The number of ether oxygens (including phenoxy) is 2. The van der Waals surface area contributed by atoms with Crippen molar-refractivity contribution >= 4 is 5.97 Å². The first-order chi connectivity index (χ1) is 7.33. The van der Waals surface area contributed by atoms with Crippen molar-refractivity contribution in [2.75, 3.05) is 7.11 Å². The fourth-order valence-electron chi connectivity index (χ4n) is 1.02. The first-order valence-electron chi connectivity index (χ1n) is 4.77. The number of esters is 1. The fraction of sp³-hybridized carbons (Fsp3) is 0.455. The number of aromatic nitrogens is 1. The summed E-state index contributed by atoms with van der Waals surface area (Å²) >= 11 is 0. The van der Waals surface area contributed by atoms with Gasteiger partial charge in [0, 0.05) is 6.07 Å². The van der Waals surface area contributed by atoms with Gasteiger partial charge in [0.05, 0.1) is 7.11 Å². The number of carbonyl (C=O) groups is 1. The van der Waals surface area contributed by atoms with E-state index in [-0.39, 0.29) is 11.4 Å². The molecule has 0 bridgehead atoms. The Morgan fingerprint density at radius 3 is 2.44 bits per heavy atom. The molecular formula is C11H14FNO3. The van der Waals surface area contributed by atoms with Crippen LogP contribution in [0.3, 0.4) is 0 Å². The Bertz CT molecular complexity index is 399. The first kappa shape index (κ1) is 12.4. The van der Waals surface area contributed by atoms with Crippen LogP contribution >= 0.6 is 0 Å².